The molecule has 2 aromatic heterocycles. The van der Waals surface area contributed by atoms with Gasteiger partial charge < -0.3 is 4.42 Å². The van der Waals surface area contributed by atoms with Gasteiger partial charge in [-0.3, -0.25) is 4.79 Å². The predicted molar refractivity (Wildman–Crippen MR) is 60.4 cm³/mol. The quantitative estimate of drug-likeness (QED) is 0.762. The zero-order chi connectivity index (χ0) is 11.5. The van der Waals surface area contributed by atoms with Crippen LogP contribution < -0.4 is 0 Å². The van der Waals surface area contributed by atoms with Crippen LogP contribution in [0.3, 0.4) is 0 Å². The number of Topliss-reactive ketones (excluding diaryl/α,β-unsaturated/α-hetero) is 1. The molecule has 0 bridgehead atoms. The lowest BCUT2D eigenvalue weighted by molar-refractivity contribution is 0.0978. The number of nitriles is 1. The Morgan fingerprint density at radius 1 is 1.56 bits per heavy atom. The number of hydrogen-bond donors (Lipinski definition) is 0. The first kappa shape index (κ1) is 10.7. The third-order valence-corrected chi connectivity index (χ3v) is 3.28. The number of ketones is 1. The Labute approximate surface area is 96.9 Å². The second kappa shape index (κ2) is 4.33. The summed E-state index contributed by atoms with van der Waals surface area (Å²) in [5.74, 6) is -0.366. The van der Waals surface area contributed by atoms with E-state index < -0.39 is 5.92 Å². The number of furan rings is 1. The number of carbonyl (C=O) groups is 1. The fraction of sp³-hybridized carbons (Fsp3) is 0.167. The van der Waals surface area contributed by atoms with Crippen LogP contribution >= 0.6 is 11.3 Å². The van der Waals surface area contributed by atoms with Gasteiger partial charge in [-0.05, 0) is 24.4 Å². The number of nitrogens with zero attached hydrogens (tertiary/aromatic N) is 1. The van der Waals surface area contributed by atoms with Crippen molar-refractivity contribution in [2.75, 3.05) is 0 Å². The molecule has 0 aliphatic rings. The van der Waals surface area contributed by atoms with Crippen molar-refractivity contribution in [3.63, 3.8) is 0 Å². The van der Waals surface area contributed by atoms with Crippen LogP contribution in [-0.4, -0.2) is 5.78 Å². The van der Waals surface area contributed by atoms with Gasteiger partial charge in [0.05, 0.1) is 17.9 Å². The average molecular weight is 231 g/mol. The summed E-state index contributed by atoms with van der Waals surface area (Å²) in [7, 11) is 0. The summed E-state index contributed by atoms with van der Waals surface area (Å²) < 4.78 is 5.07. The molecule has 2 heterocycles. The number of carbonyl (C=O) groups excluding carboxylic acids is 1. The highest BCUT2D eigenvalue weighted by Crippen LogP contribution is 2.26. The molecular formula is C12H9NO2S. The van der Waals surface area contributed by atoms with Gasteiger partial charge in [0.2, 0.25) is 0 Å². The van der Waals surface area contributed by atoms with Crippen molar-refractivity contribution >= 4 is 17.1 Å². The summed E-state index contributed by atoms with van der Waals surface area (Å²) in [6, 6.07) is 7.28. The highest BCUT2D eigenvalue weighted by molar-refractivity contribution is 7.10. The number of aryl methyl sites for hydroxylation is 1. The molecule has 2 rings (SSSR count). The summed E-state index contributed by atoms with van der Waals surface area (Å²) in [4.78, 5) is 12.9. The van der Waals surface area contributed by atoms with Crippen molar-refractivity contribution < 1.29 is 9.21 Å². The number of rotatable bonds is 3. The van der Waals surface area contributed by atoms with Gasteiger partial charge in [0.15, 0.2) is 5.78 Å². The second-order valence-electron chi connectivity index (χ2n) is 3.33. The smallest absolute Gasteiger partial charge is 0.188 e. The molecule has 3 nitrogen and oxygen atoms in total. The van der Waals surface area contributed by atoms with Crippen LogP contribution in [0.25, 0.3) is 0 Å². The number of thiophene rings is 1. The van der Waals surface area contributed by atoms with Crippen LogP contribution in [0.1, 0.15) is 26.9 Å². The molecule has 2 aromatic rings. The van der Waals surface area contributed by atoms with E-state index in [2.05, 4.69) is 0 Å². The molecule has 16 heavy (non-hydrogen) atoms. The molecule has 0 spiro atoms. The summed E-state index contributed by atoms with van der Waals surface area (Å²) in [6.45, 7) is 1.72. The molecule has 0 fully saturated rings. The molecule has 80 valence electrons. The molecule has 0 amide bonds. The number of hydrogen-bond acceptors (Lipinski definition) is 4. The van der Waals surface area contributed by atoms with E-state index in [4.69, 9.17) is 9.68 Å². The lowest BCUT2D eigenvalue weighted by Crippen LogP contribution is -2.10. The lowest BCUT2D eigenvalue weighted by Gasteiger charge is -2.04. The van der Waals surface area contributed by atoms with Crippen molar-refractivity contribution in [2.24, 2.45) is 0 Å². The standard InChI is InChI=1S/C12H9NO2S/c1-8-9(4-5-15-8)12(14)10(7-13)11-3-2-6-16-11/h2-6,10H,1H3. The molecule has 0 saturated carbocycles. The summed E-state index contributed by atoms with van der Waals surface area (Å²) >= 11 is 1.41. The van der Waals surface area contributed by atoms with Gasteiger partial charge in [0, 0.05) is 4.88 Å². The average Bonchev–Trinajstić information content (AvgIpc) is 2.90. The van der Waals surface area contributed by atoms with Crippen molar-refractivity contribution in [3.8, 4) is 6.07 Å². The van der Waals surface area contributed by atoms with E-state index >= 15 is 0 Å². The molecule has 0 aliphatic carbocycles. The van der Waals surface area contributed by atoms with Gasteiger partial charge in [0.25, 0.3) is 0 Å². The minimum Gasteiger partial charge on any atom is -0.469 e. The Hall–Kier alpha value is -1.86. The summed E-state index contributed by atoms with van der Waals surface area (Å²) in [6.07, 6.45) is 1.46. The monoisotopic (exact) mass is 231 g/mol. The van der Waals surface area contributed by atoms with Gasteiger partial charge in [-0.15, -0.1) is 11.3 Å². The lowest BCUT2D eigenvalue weighted by atomic mass is 9.98. The van der Waals surface area contributed by atoms with Gasteiger partial charge in [-0.2, -0.15) is 5.26 Å². The van der Waals surface area contributed by atoms with Crippen molar-refractivity contribution in [3.05, 3.63) is 46.0 Å². The fourth-order valence-corrected chi connectivity index (χ4v) is 2.27. The molecule has 0 radical (unpaired) electrons. The molecule has 0 saturated heterocycles. The van der Waals surface area contributed by atoms with E-state index in [-0.39, 0.29) is 5.78 Å². The highest BCUT2D eigenvalue weighted by atomic mass is 32.1. The van der Waals surface area contributed by atoms with E-state index in [1.54, 1.807) is 19.1 Å². The van der Waals surface area contributed by atoms with Crippen LogP contribution in [0.5, 0.6) is 0 Å². The Balaban J connectivity index is 2.35. The van der Waals surface area contributed by atoms with Crippen LogP contribution in [0.2, 0.25) is 0 Å². The van der Waals surface area contributed by atoms with Crippen molar-refractivity contribution in [1.29, 1.82) is 5.26 Å². The first-order chi connectivity index (χ1) is 7.74. The Morgan fingerprint density at radius 3 is 2.88 bits per heavy atom. The van der Waals surface area contributed by atoms with Crippen LogP contribution in [0.4, 0.5) is 0 Å². The SMILES string of the molecule is Cc1occc1C(=O)C(C#N)c1cccs1. The topological polar surface area (TPSA) is 54.0 Å². The third kappa shape index (κ3) is 1.77. The van der Waals surface area contributed by atoms with Crippen LogP contribution in [-0.2, 0) is 0 Å². The van der Waals surface area contributed by atoms with E-state index in [0.717, 1.165) is 4.88 Å². The molecule has 0 aliphatic heterocycles. The van der Waals surface area contributed by atoms with E-state index in [1.165, 1.54) is 17.6 Å². The van der Waals surface area contributed by atoms with E-state index in [1.807, 2.05) is 17.5 Å². The molecule has 0 N–H and O–H groups in total. The minimum absolute atomic E-state index is 0.198. The predicted octanol–water partition coefficient (Wildman–Crippen LogP) is 3.14. The Kier molecular flexibility index (Phi) is 2.88. The zero-order valence-corrected chi connectivity index (χ0v) is 9.45. The third-order valence-electron chi connectivity index (χ3n) is 2.34. The van der Waals surface area contributed by atoms with Crippen LogP contribution in [0, 0.1) is 18.3 Å². The zero-order valence-electron chi connectivity index (χ0n) is 8.64. The highest BCUT2D eigenvalue weighted by Gasteiger charge is 2.24. The van der Waals surface area contributed by atoms with Gasteiger partial charge in [-0.25, -0.2) is 0 Å². The summed E-state index contributed by atoms with van der Waals surface area (Å²) in [5.41, 5.74) is 0.486. The maximum Gasteiger partial charge on any atom is 0.188 e. The fourth-order valence-electron chi connectivity index (χ4n) is 1.50. The first-order valence-corrected chi connectivity index (χ1v) is 5.63. The second-order valence-corrected chi connectivity index (χ2v) is 4.31. The molecule has 4 heteroatoms. The maximum absolute atomic E-state index is 12.1. The normalized spacial score (nSPS) is 12.0. The summed E-state index contributed by atoms with van der Waals surface area (Å²) in [5, 5.41) is 10.9. The van der Waals surface area contributed by atoms with Crippen LogP contribution in [0.15, 0.2) is 34.3 Å². The Morgan fingerprint density at radius 2 is 2.38 bits per heavy atom. The van der Waals surface area contributed by atoms with Crippen molar-refractivity contribution in [1.82, 2.24) is 0 Å². The molecule has 0 aromatic carbocycles. The molecule has 1 unspecified atom stereocenters. The van der Waals surface area contributed by atoms with Gasteiger partial charge >= 0.3 is 0 Å². The van der Waals surface area contributed by atoms with Crippen molar-refractivity contribution in [2.45, 2.75) is 12.8 Å². The van der Waals surface area contributed by atoms with E-state index in [0.29, 0.717) is 11.3 Å². The van der Waals surface area contributed by atoms with E-state index in [9.17, 15) is 4.79 Å². The molecule has 1 atom stereocenters. The Bertz CT molecular complexity index is 534. The first-order valence-electron chi connectivity index (χ1n) is 4.75. The van der Waals surface area contributed by atoms with Gasteiger partial charge in [-0.1, -0.05) is 6.07 Å². The van der Waals surface area contributed by atoms with Gasteiger partial charge in [0.1, 0.15) is 11.7 Å². The maximum atomic E-state index is 12.1. The largest absolute Gasteiger partial charge is 0.469 e. The molecular weight excluding hydrogens is 222 g/mol. The minimum atomic E-state index is -0.726.